The summed E-state index contributed by atoms with van der Waals surface area (Å²) in [7, 11) is 0. The normalized spacial score (nSPS) is 13.3. The number of para-hydroxylation sites is 2. The van der Waals surface area contributed by atoms with Gasteiger partial charge in [-0.15, -0.1) is 11.3 Å². The van der Waals surface area contributed by atoms with Gasteiger partial charge in [-0.25, -0.2) is 0 Å². The Morgan fingerprint density at radius 3 is 2.22 bits per heavy atom. The van der Waals surface area contributed by atoms with Crippen molar-refractivity contribution in [2.75, 3.05) is 0 Å². The van der Waals surface area contributed by atoms with Crippen molar-refractivity contribution in [1.82, 2.24) is 10.6 Å². The second-order valence-electron chi connectivity index (χ2n) is 13.1. The SMILES string of the molecule is NC(NC(NCc1ccc2c(c1)oc1cccc(-c3cccc4c3sc3ccccc34)c12)c1ccccc1)c1cccc2c1oc1ccccc12. The molecule has 2 unspecified atom stereocenters. The van der Waals surface area contributed by atoms with Crippen LogP contribution in [-0.2, 0) is 6.54 Å². The molecule has 3 heterocycles. The van der Waals surface area contributed by atoms with Crippen molar-refractivity contribution in [3.8, 4) is 11.1 Å². The highest BCUT2D eigenvalue weighted by molar-refractivity contribution is 7.26. The summed E-state index contributed by atoms with van der Waals surface area (Å²) in [5.41, 5.74) is 15.9. The Hall–Kier alpha value is -5.76. The van der Waals surface area contributed by atoms with E-state index >= 15 is 0 Å². The van der Waals surface area contributed by atoms with Crippen LogP contribution in [0.25, 0.3) is 75.2 Å². The smallest absolute Gasteiger partial charge is 0.141 e. The van der Waals surface area contributed by atoms with Gasteiger partial charge in [0.2, 0.25) is 0 Å². The van der Waals surface area contributed by atoms with Gasteiger partial charge in [-0.2, -0.15) is 0 Å². The average molecular weight is 680 g/mol. The zero-order valence-electron chi connectivity index (χ0n) is 27.6. The van der Waals surface area contributed by atoms with Crippen molar-refractivity contribution in [2.24, 2.45) is 5.73 Å². The van der Waals surface area contributed by atoms with Gasteiger partial charge in [0, 0.05) is 59.4 Å². The minimum Gasteiger partial charge on any atom is -0.456 e. The Morgan fingerprint density at radius 1 is 0.569 bits per heavy atom. The standard InChI is InChI=1S/C45H33N3O2S/c46-44(36-19-8-16-32-29-13-4-6-20-37(29)50-42(32)36)48-45(28-11-2-1-3-12-28)47-26-27-23-24-35-39(25-27)49-38-21-10-15-31(41(35)38)34-18-9-17-33-30-14-5-7-22-40(30)51-43(33)34/h1-25,44-45,47-48H,26,46H2. The summed E-state index contributed by atoms with van der Waals surface area (Å²) in [6, 6.07) is 52.9. The molecule has 6 heteroatoms. The van der Waals surface area contributed by atoms with Gasteiger partial charge in [0.15, 0.2) is 0 Å². The lowest BCUT2D eigenvalue weighted by atomic mass is 9.97. The van der Waals surface area contributed by atoms with Crippen molar-refractivity contribution < 1.29 is 8.83 Å². The number of fused-ring (bicyclic) bond motifs is 9. The molecule has 0 amide bonds. The van der Waals surface area contributed by atoms with E-state index in [0.29, 0.717) is 6.54 Å². The summed E-state index contributed by atoms with van der Waals surface area (Å²) in [5.74, 6) is 0. The molecule has 246 valence electrons. The molecule has 3 aromatic heterocycles. The van der Waals surface area contributed by atoms with E-state index in [9.17, 15) is 0 Å². The average Bonchev–Trinajstić information content (AvgIpc) is 3.87. The summed E-state index contributed by atoms with van der Waals surface area (Å²) in [5, 5.41) is 14.4. The van der Waals surface area contributed by atoms with E-state index in [-0.39, 0.29) is 6.17 Å². The molecule has 0 spiro atoms. The van der Waals surface area contributed by atoms with Crippen molar-refractivity contribution in [3.63, 3.8) is 0 Å². The summed E-state index contributed by atoms with van der Waals surface area (Å²) < 4.78 is 15.4. The van der Waals surface area contributed by atoms with Gasteiger partial charge >= 0.3 is 0 Å². The molecule has 51 heavy (non-hydrogen) atoms. The van der Waals surface area contributed by atoms with E-state index in [2.05, 4.69) is 126 Å². The van der Waals surface area contributed by atoms with Crippen LogP contribution in [0.2, 0.25) is 0 Å². The fourth-order valence-electron chi connectivity index (χ4n) is 7.59. The molecule has 0 aliphatic heterocycles. The van der Waals surface area contributed by atoms with Crippen molar-refractivity contribution in [2.45, 2.75) is 18.9 Å². The topological polar surface area (TPSA) is 76.4 Å². The third-order valence-corrected chi connectivity index (χ3v) is 11.2. The molecular formula is C45H33N3O2S. The van der Waals surface area contributed by atoms with Gasteiger partial charge in [0.1, 0.15) is 22.3 Å². The van der Waals surface area contributed by atoms with Gasteiger partial charge in [0.05, 0.1) is 12.3 Å². The number of thiophene rings is 1. The number of nitrogens with one attached hydrogen (secondary N) is 2. The third kappa shape index (κ3) is 5.11. The number of rotatable bonds is 8. The Labute approximate surface area is 297 Å². The van der Waals surface area contributed by atoms with E-state index in [1.54, 1.807) is 0 Å². The maximum atomic E-state index is 6.90. The van der Waals surface area contributed by atoms with Crippen LogP contribution in [0.15, 0.2) is 160 Å². The molecule has 0 aliphatic carbocycles. The van der Waals surface area contributed by atoms with E-state index in [1.165, 1.54) is 31.3 Å². The van der Waals surface area contributed by atoms with E-state index in [1.807, 2.05) is 47.7 Å². The molecule has 0 aliphatic rings. The number of hydrogen-bond donors (Lipinski definition) is 3. The summed E-state index contributed by atoms with van der Waals surface area (Å²) >= 11 is 1.85. The van der Waals surface area contributed by atoms with E-state index in [0.717, 1.165) is 60.6 Å². The summed E-state index contributed by atoms with van der Waals surface area (Å²) in [4.78, 5) is 0. The molecular weight excluding hydrogens is 647 g/mol. The number of nitrogens with two attached hydrogens (primary N) is 1. The largest absolute Gasteiger partial charge is 0.456 e. The maximum absolute atomic E-state index is 6.90. The quantitative estimate of drug-likeness (QED) is 0.139. The molecule has 7 aromatic carbocycles. The summed E-state index contributed by atoms with van der Waals surface area (Å²) in [6.45, 7) is 0.606. The van der Waals surface area contributed by atoms with Gasteiger partial charge in [-0.1, -0.05) is 127 Å². The molecule has 0 saturated carbocycles. The summed E-state index contributed by atoms with van der Waals surface area (Å²) in [6.07, 6.45) is -0.700. The lowest BCUT2D eigenvalue weighted by molar-refractivity contribution is 0.385. The van der Waals surface area contributed by atoms with Crippen molar-refractivity contribution >= 4 is 75.4 Å². The van der Waals surface area contributed by atoms with Crippen LogP contribution in [0.3, 0.4) is 0 Å². The lowest BCUT2D eigenvalue weighted by Crippen LogP contribution is -2.39. The highest BCUT2D eigenvalue weighted by atomic mass is 32.1. The Balaban J connectivity index is 0.973. The first-order valence-electron chi connectivity index (χ1n) is 17.2. The predicted octanol–water partition coefficient (Wildman–Crippen LogP) is 11.6. The molecule has 2 atom stereocenters. The molecule has 0 radical (unpaired) electrons. The fourth-order valence-corrected chi connectivity index (χ4v) is 8.82. The Morgan fingerprint density at radius 2 is 1.29 bits per heavy atom. The van der Waals surface area contributed by atoms with Crippen LogP contribution < -0.4 is 16.4 Å². The van der Waals surface area contributed by atoms with Gasteiger partial charge in [0.25, 0.3) is 0 Å². The zero-order valence-corrected chi connectivity index (χ0v) is 28.4. The highest BCUT2D eigenvalue weighted by Gasteiger charge is 2.21. The van der Waals surface area contributed by atoms with Crippen LogP contribution in [0, 0.1) is 0 Å². The third-order valence-electron chi connectivity index (χ3n) is 10.0. The first-order chi connectivity index (χ1) is 25.2. The molecule has 0 fully saturated rings. The second kappa shape index (κ2) is 12.2. The van der Waals surface area contributed by atoms with Gasteiger partial charge < -0.3 is 14.6 Å². The molecule has 0 bridgehead atoms. The van der Waals surface area contributed by atoms with Crippen molar-refractivity contribution in [3.05, 3.63) is 168 Å². The highest BCUT2D eigenvalue weighted by Crippen LogP contribution is 2.44. The Kier molecular flexibility index (Phi) is 7.22. The maximum Gasteiger partial charge on any atom is 0.141 e. The zero-order chi connectivity index (χ0) is 33.9. The van der Waals surface area contributed by atoms with Gasteiger partial charge in [-0.3, -0.25) is 10.6 Å². The number of hydrogen-bond acceptors (Lipinski definition) is 6. The molecule has 10 rings (SSSR count). The minimum atomic E-state index is -0.478. The molecule has 10 aromatic rings. The molecule has 5 nitrogen and oxygen atoms in total. The Bertz CT molecular complexity index is 2890. The molecule has 0 saturated heterocycles. The lowest BCUT2D eigenvalue weighted by Gasteiger charge is -2.25. The number of furan rings is 2. The van der Waals surface area contributed by atoms with Crippen LogP contribution >= 0.6 is 11.3 Å². The minimum absolute atomic E-state index is 0.222. The van der Waals surface area contributed by atoms with Crippen LogP contribution in [0.4, 0.5) is 0 Å². The van der Waals surface area contributed by atoms with Gasteiger partial charge in [-0.05, 0) is 41.0 Å². The van der Waals surface area contributed by atoms with E-state index in [4.69, 9.17) is 14.6 Å². The first-order valence-corrected chi connectivity index (χ1v) is 18.1. The van der Waals surface area contributed by atoms with Crippen LogP contribution in [-0.4, -0.2) is 0 Å². The monoisotopic (exact) mass is 679 g/mol. The fraction of sp³-hybridized carbons (Fsp3) is 0.0667. The van der Waals surface area contributed by atoms with Crippen LogP contribution in [0.5, 0.6) is 0 Å². The predicted molar refractivity (Wildman–Crippen MR) is 212 cm³/mol. The first kappa shape index (κ1) is 30.1. The molecule has 4 N–H and O–H groups in total. The number of benzene rings is 7. The van der Waals surface area contributed by atoms with Crippen LogP contribution in [0.1, 0.15) is 29.0 Å². The van der Waals surface area contributed by atoms with E-state index < -0.39 is 6.17 Å². The second-order valence-corrected chi connectivity index (χ2v) is 14.1. The van der Waals surface area contributed by atoms with Crippen molar-refractivity contribution in [1.29, 1.82) is 0 Å².